The second kappa shape index (κ2) is 9.05. The SMILES string of the molecule is O=C(CN1C(=O)C=CC1=O)N1CCC(c2nc(C3=NOC(c4c(F)cccc4F)C3)cs2)CC1. The zero-order valence-corrected chi connectivity index (χ0v) is 18.8. The average molecular weight is 487 g/mol. The van der Waals surface area contributed by atoms with Gasteiger partial charge in [0.2, 0.25) is 5.91 Å². The smallest absolute Gasteiger partial charge is 0.254 e. The van der Waals surface area contributed by atoms with E-state index in [9.17, 15) is 23.2 Å². The minimum absolute atomic E-state index is 0.137. The number of hydrogen-bond acceptors (Lipinski definition) is 7. The van der Waals surface area contributed by atoms with E-state index in [0.29, 0.717) is 37.3 Å². The van der Waals surface area contributed by atoms with Crippen LogP contribution in [0.3, 0.4) is 0 Å². The first kappa shape index (κ1) is 22.3. The maximum atomic E-state index is 14.1. The van der Waals surface area contributed by atoms with E-state index in [1.54, 1.807) is 4.90 Å². The van der Waals surface area contributed by atoms with Crippen molar-refractivity contribution in [2.24, 2.45) is 5.16 Å². The summed E-state index contributed by atoms with van der Waals surface area (Å²) in [5.74, 6) is -2.38. The number of amides is 3. The van der Waals surface area contributed by atoms with Gasteiger partial charge >= 0.3 is 0 Å². The third-order valence-electron chi connectivity index (χ3n) is 6.20. The first-order valence-corrected chi connectivity index (χ1v) is 11.7. The number of piperidine rings is 1. The van der Waals surface area contributed by atoms with Gasteiger partial charge < -0.3 is 9.74 Å². The van der Waals surface area contributed by atoms with E-state index in [1.165, 1.54) is 29.5 Å². The van der Waals surface area contributed by atoms with Gasteiger partial charge in [-0.3, -0.25) is 19.3 Å². The Labute approximate surface area is 197 Å². The summed E-state index contributed by atoms with van der Waals surface area (Å²) in [6, 6.07) is 3.68. The highest BCUT2D eigenvalue weighted by Gasteiger charge is 2.32. The summed E-state index contributed by atoms with van der Waals surface area (Å²) in [6.07, 6.45) is 3.11. The van der Waals surface area contributed by atoms with Gasteiger partial charge in [-0.05, 0) is 25.0 Å². The summed E-state index contributed by atoms with van der Waals surface area (Å²) >= 11 is 1.48. The molecule has 0 radical (unpaired) electrons. The van der Waals surface area contributed by atoms with Gasteiger partial charge in [0.15, 0.2) is 6.10 Å². The van der Waals surface area contributed by atoms with Crippen LogP contribution in [-0.2, 0) is 19.2 Å². The summed E-state index contributed by atoms with van der Waals surface area (Å²) in [5.41, 5.74) is 1.02. The summed E-state index contributed by atoms with van der Waals surface area (Å²) in [7, 11) is 0. The fraction of sp³-hybridized carbons (Fsp3) is 0.348. The fourth-order valence-corrected chi connectivity index (χ4v) is 5.31. The van der Waals surface area contributed by atoms with Crippen molar-refractivity contribution < 1.29 is 28.0 Å². The van der Waals surface area contributed by atoms with Gasteiger partial charge in [0, 0.05) is 43.0 Å². The van der Waals surface area contributed by atoms with Gasteiger partial charge in [0.1, 0.15) is 23.9 Å². The van der Waals surface area contributed by atoms with E-state index >= 15 is 0 Å². The largest absolute Gasteiger partial charge is 0.387 e. The Morgan fingerprint density at radius 2 is 1.79 bits per heavy atom. The fourth-order valence-electron chi connectivity index (χ4n) is 4.31. The number of carbonyl (C=O) groups excluding carboxylic acids is 3. The molecule has 3 aliphatic rings. The predicted molar refractivity (Wildman–Crippen MR) is 118 cm³/mol. The molecule has 1 atom stereocenters. The van der Waals surface area contributed by atoms with Crippen molar-refractivity contribution >= 4 is 34.8 Å². The predicted octanol–water partition coefficient (Wildman–Crippen LogP) is 2.92. The highest BCUT2D eigenvalue weighted by molar-refractivity contribution is 7.10. The molecule has 176 valence electrons. The quantitative estimate of drug-likeness (QED) is 0.606. The van der Waals surface area contributed by atoms with E-state index < -0.39 is 29.6 Å². The van der Waals surface area contributed by atoms with Gasteiger partial charge in [0.25, 0.3) is 11.8 Å². The standard InChI is InChI=1S/C23H20F2N4O4S/c24-14-2-1-3-15(25)22(14)18-10-16(27-33-18)17-12-34-23(26-17)13-6-8-28(9-7-13)21(32)11-29-19(30)4-5-20(29)31/h1-5,12-13,18H,6-11H2. The highest BCUT2D eigenvalue weighted by Crippen LogP contribution is 2.35. The molecule has 0 N–H and O–H groups in total. The van der Waals surface area contributed by atoms with E-state index in [0.717, 1.165) is 22.1 Å². The van der Waals surface area contributed by atoms with Gasteiger partial charge in [-0.15, -0.1) is 11.3 Å². The number of oxime groups is 1. The van der Waals surface area contributed by atoms with E-state index in [4.69, 9.17) is 4.84 Å². The van der Waals surface area contributed by atoms with Gasteiger partial charge in [0.05, 0.1) is 16.3 Å². The maximum Gasteiger partial charge on any atom is 0.254 e. The van der Waals surface area contributed by atoms with Crippen LogP contribution in [0.4, 0.5) is 8.78 Å². The number of hydrogen-bond donors (Lipinski definition) is 0. The van der Waals surface area contributed by atoms with Crippen molar-refractivity contribution in [3.05, 3.63) is 63.6 Å². The van der Waals surface area contributed by atoms with Gasteiger partial charge in [-0.1, -0.05) is 11.2 Å². The average Bonchev–Trinajstić information content (AvgIpc) is 3.56. The van der Waals surface area contributed by atoms with Gasteiger partial charge in [-0.2, -0.15) is 0 Å². The summed E-state index contributed by atoms with van der Waals surface area (Å²) in [6.45, 7) is 0.752. The Morgan fingerprint density at radius 1 is 1.12 bits per heavy atom. The molecule has 1 aromatic heterocycles. The van der Waals surface area contributed by atoms with Crippen LogP contribution in [0.5, 0.6) is 0 Å². The van der Waals surface area contributed by atoms with Crippen molar-refractivity contribution in [1.29, 1.82) is 0 Å². The second-order valence-corrected chi connectivity index (χ2v) is 9.18. The third kappa shape index (κ3) is 4.23. The number of rotatable bonds is 5. The maximum absolute atomic E-state index is 14.1. The van der Waals surface area contributed by atoms with E-state index in [1.807, 2.05) is 5.38 Å². The number of likely N-dealkylation sites (tertiary alicyclic amines) is 1. The number of aromatic nitrogens is 1. The monoisotopic (exact) mass is 486 g/mol. The van der Waals surface area contributed by atoms with Crippen LogP contribution in [0.2, 0.25) is 0 Å². The minimum Gasteiger partial charge on any atom is -0.387 e. The molecule has 0 spiro atoms. The molecule has 11 heteroatoms. The molecule has 8 nitrogen and oxygen atoms in total. The molecule has 2 aromatic rings. The molecule has 1 aromatic carbocycles. The Hall–Kier alpha value is -3.47. The molecule has 5 rings (SSSR count). The Balaban J connectivity index is 1.17. The number of imide groups is 1. The molecule has 1 fully saturated rings. The number of nitrogens with zero attached hydrogens (tertiary/aromatic N) is 4. The summed E-state index contributed by atoms with van der Waals surface area (Å²) < 4.78 is 28.1. The number of halogens is 2. The Bertz CT molecular complexity index is 1180. The molecule has 0 bridgehead atoms. The van der Waals surface area contributed by atoms with Crippen LogP contribution >= 0.6 is 11.3 Å². The molecule has 1 saturated heterocycles. The number of carbonyl (C=O) groups is 3. The summed E-state index contributed by atoms with van der Waals surface area (Å²) in [4.78, 5) is 48.4. The number of thiazole rings is 1. The van der Waals surface area contributed by atoms with Crippen LogP contribution in [-0.4, -0.2) is 57.9 Å². The summed E-state index contributed by atoms with van der Waals surface area (Å²) in [5, 5.41) is 6.77. The highest BCUT2D eigenvalue weighted by atomic mass is 32.1. The molecule has 4 heterocycles. The molecular weight excluding hydrogens is 466 g/mol. The molecule has 3 amide bonds. The first-order valence-electron chi connectivity index (χ1n) is 10.8. The molecule has 0 saturated carbocycles. The zero-order valence-electron chi connectivity index (χ0n) is 17.9. The molecule has 0 aliphatic carbocycles. The lowest BCUT2D eigenvalue weighted by atomic mass is 9.97. The first-order chi connectivity index (χ1) is 16.4. The lowest BCUT2D eigenvalue weighted by Crippen LogP contribution is -2.45. The Kier molecular flexibility index (Phi) is 5.94. The van der Waals surface area contributed by atoms with Crippen molar-refractivity contribution in [3.63, 3.8) is 0 Å². The third-order valence-corrected chi connectivity index (χ3v) is 7.21. The van der Waals surface area contributed by atoms with E-state index in [2.05, 4.69) is 10.1 Å². The van der Waals surface area contributed by atoms with Gasteiger partial charge in [-0.25, -0.2) is 13.8 Å². The Morgan fingerprint density at radius 3 is 2.47 bits per heavy atom. The molecule has 3 aliphatic heterocycles. The van der Waals surface area contributed by atoms with Crippen molar-refractivity contribution in [3.8, 4) is 0 Å². The molecular formula is C23H20F2N4O4S. The van der Waals surface area contributed by atoms with Crippen molar-refractivity contribution in [1.82, 2.24) is 14.8 Å². The number of benzene rings is 1. The minimum atomic E-state index is -0.833. The van der Waals surface area contributed by atoms with E-state index in [-0.39, 0.29) is 30.4 Å². The van der Waals surface area contributed by atoms with Crippen LogP contribution < -0.4 is 0 Å². The van der Waals surface area contributed by atoms with Crippen LogP contribution in [0.15, 0.2) is 40.9 Å². The van der Waals surface area contributed by atoms with Crippen molar-refractivity contribution in [2.75, 3.05) is 19.6 Å². The van der Waals surface area contributed by atoms with Crippen LogP contribution in [0.25, 0.3) is 0 Å². The van der Waals surface area contributed by atoms with Crippen molar-refractivity contribution in [2.45, 2.75) is 31.3 Å². The second-order valence-electron chi connectivity index (χ2n) is 8.29. The molecule has 34 heavy (non-hydrogen) atoms. The molecule has 1 unspecified atom stereocenters. The lowest BCUT2D eigenvalue weighted by Gasteiger charge is -2.32. The van der Waals surface area contributed by atoms with Crippen LogP contribution in [0.1, 0.15) is 47.5 Å². The topological polar surface area (TPSA) is 92.2 Å². The van der Waals surface area contributed by atoms with Crippen LogP contribution in [0, 0.1) is 11.6 Å². The normalized spacial score (nSPS) is 20.8. The lowest BCUT2D eigenvalue weighted by molar-refractivity contribution is -0.144. The zero-order chi connectivity index (χ0) is 23.8.